The molecule has 3 N–H and O–H groups in total. The van der Waals surface area contributed by atoms with Crippen molar-refractivity contribution in [3.63, 3.8) is 0 Å². The lowest BCUT2D eigenvalue weighted by Crippen LogP contribution is -2.36. The molecule has 3 aromatic rings. The molecule has 4 rings (SSSR count). The van der Waals surface area contributed by atoms with Crippen molar-refractivity contribution in [1.82, 2.24) is 14.9 Å². The Balaban J connectivity index is 1.62. The molecular formula is C27H32N6O2. The van der Waals surface area contributed by atoms with Gasteiger partial charge in [-0.3, -0.25) is 10.6 Å². The van der Waals surface area contributed by atoms with Crippen LogP contribution in [0.3, 0.4) is 0 Å². The van der Waals surface area contributed by atoms with E-state index in [4.69, 9.17) is 10.6 Å². The van der Waals surface area contributed by atoms with E-state index in [1.807, 2.05) is 67.3 Å². The summed E-state index contributed by atoms with van der Waals surface area (Å²) in [6, 6.07) is 15.6. The lowest BCUT2D eigenvalue weighted by molar-refractivity contribution is 0.0773. The molecule has 1 saturated heterocycles. The molecule has 0 saturated carbocycles. The Bertz CT molecular complexity index is 1180. The van der Waals surface area contributed by atoms with Crippen LogP contribution in [-0.2, 0) is 4.74 Å². The summed E-state index contributed by atoms with van der Waals surface area (Å²) in [6.07, 6.45) is 1.57. The van der Waals surface area contributed by atoms with Crippen molar-refractivity contribution < 1.29 is 9.53 Å². The molecule has 2 aromatic carbocycles. The number of hydrazine groups is 1. The number of hydrogen-bond acceptors (Lipinski definition) is 7. The monoisotopic (exact) mass is 472 g/mol. The molecule has 35 heavy (non-hydrogen) atoms. The van der Waals surface area contributed by atoms with Crippen molar-refractivity contribution in [3.05, 3.63) is 78.3 Å². The number of aromatic nitrogens is 2. The lowest BCUT2D eigenvalue weighted by Gasteiger charge is -2.28. The predicted octanol–water partition coefficient (Wildman–Crippen LogP) is 3.81. The molecule has 1 aliphatic heterocycles. The van der Waals surface area contributed by atoms with E-state index in [9.17, 15) is 4.79 Å². The molecule has 2 heterocycles. The molecule has 1 amide bonds. The van der Waals surface area contributed by atoms with E-state index in [1.165, 1.54) is 0 Å². The van der Waals surface area contributed by atoms with Gasteiger partial charge in [-0.05, 0) is 49.2 Å². The first kappa shape index (κ1) is 24.4. The molecule has 1 aromatic heterocycles. The molecular weight excluding hydrogens is 440 g/mol. The normalized spacial score (nSPS) is 13.4. The third kappa shape index (κ3) is 5.34. The van der Waals surface area contributed by atoms with E-state index in [1.54, 1.807) is 6.33 Å². The highest BCUT2D eigenvalue weighted by Crippen LogP contribution is 2.32. The van der Waals surface area contributed by atoms with Gasteiger partial charge in [0, 0.05) is 48.9 Å². The van der Waals surface area contributed by atoms with Crippen molar-refractivity contribution in [3.8, 4) is 11.1 Å². The number of carbonyl (C=O) groups is 1. The van der Waals surface area contributed by atoms with E-state index in [0.717, 1.165) is 52.6 Å². The lowest BCUT2D eigenvalue weighted by atomic mass is 9.96. The van der Waals surface area contributed by atoms with Gasteiger partial charge in [0.05, 0.1) is 24.6 Å². The van der Waals surface area contributed by atoms with E-state index >= 15 is 0 Å². The van der Waals surface area contributed by atoms with Gasteiger partial charge in [-0.15, -0.1) is 0 Å². The van der Waals surface area contributed by atoms with Crippen LogP contribution in [0.1, 0.15) is 35.5 Å². The summed E-state index contributed by atoms with van der Waals surface area (Å²) in [5.74, 6) is 6.71. The van der Waals surface area contributed by atoms with E-state index < -0.39 is 0 Å². The van der Waals surface area contributed by atoms with Crippen LogP contribution in [0.2, 0.25) is 0 Å². The number of ether oxygens (including phenoxy) is 1. The number of nitrogens with zero attached hydrogens (tertiary/aromatic N) is 4. The molecule has 0 aliphatic carbocycles. The Morgan fingerprint density at radius 2 is 1.74 bits per heavy atom. The first-order valence-corrected chi connectivity index (χ1v) is 11.9. The van der Waals surface area contributed by atoms with Crippen molar-refractivity contribution in [1.29, 1.82) is 0 Å². The standard InChI is InChI=1S/C27H32N6O2/c1-4-32(5-2)27(34)21-8-6-20(7-9-21)22-10-11-24(31-28)23(16-22)19(3)25-17-26(30-18-29-25)33-12-14-35-15-13-33/h6-11,16-18,31H,3-5,12-15,28H2,1-2H3. The SMILES string of the molecule is C=C(c1cc(N2CCOCC2)ncn1)c1cc(-c2ccc(C(=O)N(CC)CC)cc2)ccc1NN. The second-order valence-corrected chi connectivity index (χ2v) is 8.30. The zero-order chi connectivity index (χ0) is 24.8. The highest BCUT2D eigenvalue weighted by Gasteiger charge is 2.17. The Morgan fingerprint density at radius 3 is 2.40 bits per heavy atom. The fourth-order valence-electron chi connectivity index (χ4n) is 4.21. The van der Waals surface area contributed by atoms with Gasteiger partial charge >= 0.3 is 0 Å². The summed E-state index contributed by atoms with van der Waals surface area (Å²) in [5.41, 5.74) is 8.50. The van der Waals surface area contributed by atoms with Gasteiger partial charge in [0.2, 0.25) is 0 Å². The molecule has 0 unspecified atom stereocenters. The average Bonchev–Trinajstić information content (AvgIpc) is 2.93. The predicted molar refractivity (Wildman–Crippen MR) is 140 cm³/mol. The summed E-state index contributed by atoms with van der Waals surface area (Å²) in [6.45, 7) is 12.6. The minimum absolute atomic E-state index is 0.0399. The van der Waals surface area contributed by atoms with Crippen LogP contribution in [0.4, 0.5) is 11.5 Å². The first-order chi connectivity index (χ1) is 17.0. The zero-order valence-corrected chi connectivity index (χ0v) is 20.3. The van der Waals surface area contributed by atoms with Gasteiger partial charge < -0.3 is 20.0 Å². The number of nitrogens with two attached hydrogens (primary N) is 1. The summed E-state index contributed by atoms with van der Waals surface area (Å²) in [7, 11) is 0. The topological polar surface area (TPSA) is 96.6 Å². The number of benzene rings is 2. The number of rotatable bonds is 8. The van der Waals surface area contributed by atoms with Gasteiger partial charge in [0.25, 0.3) is 5.91 Å². The summed E-state index contributed by atoms with van der Waals surface area (Å²) in [5, 5.41) is 0. The molecule has 0 radical (unpaired) electrons. The molecule has 8 nitrogen and oxygen atoms in total. The van der Waals surface area contributed by atoms with E-state index in [-0.39, 0.29) is 5.91 Å². The van der Waals surface area contributed by atoms with Crippen LogP contribution in [0.5, 0.6) is 0 Å². The Morgan fingerprint density at radius 1 is 1.06 bits per heavy atom. The molecule has 1 fully saturated rings. The maximum atomic E-state index is 12.7. The third-order valence-corrected chi connectivity index (χ3v) is 6.31. The van der Waals surface area contributed by atoms with Gasteiger partial charge in [-0.25, -0.2) is 9.97 Å². The van der Waals surface area contributed by atoms with Crippen LogP contribution >= 0.6 is 0 Å². The number of amides is 1. The average molecular weight is 473 g/mol. The maximum Gasteiger partial charge on any atom is 0.253 e. The molecule has 182 valence electrons. The molecule has 1 aliphatic rings. The van der Waals surface area contributed by atoms with Crippen LogP contribution in [0.15, 0.2) is 61.4 Å². The number of morpholine rings is 1. The minimum Gasteiger partial charge on any atom is -0.378 e. The number of hydrogen-bond donors (Lipinski definition) is 2. The Labute approximate surface area is 206 Å². The first-order valence-electron chi connectivity index (χ1n) is 11.9. The van der Waals surface area contributed by atoms with Crippen molar-refractivity contribution in [2.75, 3.05) is 49.7 Å². The van der Waals surface area contributed by atoms with Crippen LogP contribution in [0, 0.1) is 0 Å². The fourth-order valence-corrected chi connectivity index (χ4v) is 4.21. The van der Waals surface area contributed by atoms with Crippen molar-refractivity contribution in [2.24, 2.45) is 5.84 Å². The Kier molecular flexibility index (Phi) is 7.74. The molecule has 0 atom stereocenters. The van der Waals surface area contributed by atoms with Crippen molar-refractivity contribution in [2.45, 2.75) is 13.8 Å². The quantitative estimate of drug-likeness (QED) is 0.380. The van der Waals surface area contributed by atoms with Gasteiger partial charge in [0.15, 0.2) is 0 Å². The smallest absolute Gasteiger partial charge is 0.253 e. The Hall–Kier alpha value is -3.75. The molecule has 8 heteroatoms. The van der Waals surface area contributed by atoms with E-state index in [2.05, 4.69) is 26.9 Å². The van der Waals surface area contributed by atoms with Crippen molar-refractivity contribution >= 4 is 23.0 Å². The summed E-state index contributed by atoms with van der Waals surface area (Å²) in [4.78, 5) is 25.6. The van der Waals surface area contributed by atoms with Gasteiger partial charge in [0.1, 0.15) is 12.1 Å². The van der Waals surface area contributed by atoms with Crippen LogP contribution in [0.25, 0.3) is 16.7 Å². The van der Waals surface area contributed by atoms with Gasteiger partial charge in [-0.1, -0.05) is 24.8 Å². The van der Waals surface area contributed by atoms with Gasteiger partial charge in [-0.2, -0.15) is 0 Å². The molecule has 0 bridgehead atoms. The summed E-state index contributed by atoms with van der Waals surface area (Å²) < 4.78 is 5.45. The number of carbonyl (C=O) groups excluding carboxylic acids is 1. The minimum atomic E-state index is 0.0399. The maximum absolute atomic E-state index is 12.7. The van der Waals surface area contributed by atoms with Crippen LogP contribution < -0.4 is 16.2 Å². The highest BCUT2D eigenvalue weighted by atomic mass is 16.5. The number of anilines is 2. The number of nitrogen functional groups attached to an aromatic ring is 1. The molecule has 0 spiro atoms. The highest BCUT2D eigenvalue weighted by molar-refractivity contribution is 5.95. The van der Waals surface area contributed by atoms with E-state index in [0.29, 0.717) is 31.9 Å². The fraction of sp³-hybridized carbons (Fsp3) is 0.296. The zero-order valence-electron chi connectivity index (χ0n) is 20.3. The summed E-state index contributed by atoms with van der Waals surface area (Å²) >= 11 is 0. The van der Waals surface area contributed by atoms with Crippen LogP contribution in [-0.4, -0.2) is 60.2 Å². The second kappa shape index (κ2) is 11.1. The second-order valence-electron chi connectivity index (χ2n) is 8.30. The largest absolute Gasteiger partial charge is 0.378 e. The number of nitrogens with one attached hydrogen (secondary N) is 1. The third-order valence-electron chi connectivity index (χ3n) is 6.31.